The van der Waals surface area contributed by atoms with Crippen LogP contribution in [0.15, 0.2) is 36.0 Å². The maximum Gasteiger partial charge on any atom is 0.277 e. The third-order valence-electron chi connectivity index (χ3n) is 4.55. The average Bonchev–Trinajstić information content (AvgIpc) is 3.25. The van der Waals surface area contributed by atoms with Crippen LogP contribution in [-0.2, 0) is 9.59 Å². The summed E-state index contributed by atoms with van der Waals surface area (Å²) in [6.07, 6.45) is 4.86. The van der Waals surface area contributed by atoms with Crippen LogP contribution in [0.3, 0.4) is 0 Å². The van der Waals surface area contributed by atoms with E-state index in [0.717, 1.165) is 23.6 Å². The lowest BCUT2D eigenvalue weighted by molar-refractivity contribution is -0.137. The van der Waals surface area contributed by atoms with Gasteiger partial charge in [0.05, 0.1) is 19.8 Å². The van der Waals surface area contributed by atoms with Crippen molar-refractivity contribution in [2.75, 3.05) is 44.7 Å². The van der Waals surface area contributed by atoms with E-state index in [1.54, 1.807) is 0 Å². The highest BCUT2D eigenvalue weighted by molar-refractivity contribution is 6.17. The van der Waals surface area contributed by atoms with Crippen LogP contribution in [0.1, 0.15) is 19.3 Å². The van der Waals surface area contributed by atoms with Crippen molar-refractivity contribution in [2.45, 2.75) is 19.3 Å². The Morgan fingerprint density at radius 1 is 1.08 bits per heavy atom. The molecule has 1 fully saturated rings. The lowest BCUT2D eigenvalue weighted by atomic mass is 10.3. The Balaban J connectivity index is 1.45. The van der Waals surface area contributed by atoms with Crippen LogP contribution < -0.4 is 10.1 Å². The number of aliphatic hydroxyl groups excluding tert-OH is 1. The molecule has 0 unspecified atom stereocenters. The van der Waals surface area contributed by atoms with E-state index in [9.17, 15) is 9.59 Å². The maximum absolute atomic E-state index is 12.1. The minimum Gasteiger partial charge on any atom is -0.494 e. The van der Waals surface area contributed by atoms with Gasteiger partial charge in [0, 0.05) is 18.3 Å². The quantitative estimate of drug-likeness (QED) is 0.509. The van der Waals surface area contributed by atoms with Crippen molar-refractivity contribution in [2.24, 2.45) is 0 Å². The molecule has 7 nitrogen and oxygen atoms in total. The molecule has 0 bridgehead atoms. The number of hydrogen-bond acceptors (Lipinski definition) is 6. The largest absolute Gasteiger partial charge is 0.494 e. The van der Waals surface area contributed by atoms with Gasteiger partial charge in [0.2, 0.25) is 0 Å². The molecule has 26 heavy (non-hydrogen) atoms. The van der Waals surface area contributed by atoms with Crippen molar-refractivity contribution in [3.05, 3.63) is 36.0 Å². The Labute approximate surface area is 153 Å². The fraction of sp³-hybridized carbons (Fsp3) is 0.474. The fourth-order valence-corrected chi connectivity index (χ4v) is 3.18. The molecule has 2 aliphatic heterocycles. The van der Waals surface area contributed by atoms with E-state index in [0.29, 0.717) is 12.3 Å². The molecule has 0 radical (unpaired) electrons. The van der Waals surface area contributed by atoms with E-state index in [1.165, 1.54) is 32.0 Å². The van der Waals surface area contributed by atoms with E-state index in [2.05, 4.69) is 10.2 Å². The highest BCUT2D eigenvalue weighted by atomic mass is 16.5. The maximum atomic E-state index is 12.1. The molecule has 2 aliphatic rings. The number of nitrogens with one attached hydrogen (secondary N) is 1. The van der Waals surface area contributed by atoms with E-state index in [-0.39, 0.29) is 18.8 Å². The van der Waals surface area contributed by atoms with Gasteiger partial charge in [-0.1, -0.05) is 0 Å². The van der Waals surface area contributed by atoms with Gasteiger partial charge in [0.1, 0.15) is 11.4 Å². The number of likely N-dealkylation sites (tertiary alicyclic amines) is 1. The van der Waals surface area contributed by atoms with Crippen molar-refractivity contribution < 1.29 is 19.4 Å². The zero-order valence-corrected chi connectivity index (χ0v) is 14.8. The molecule has 0 aliphatic carbocycles. The number of amides is 2. The molecule has 1 aromatic rings. The smallest absolute Gasteiger partial charge is 0.277 e. The normalized spacial score (nSPS) is 17.7. The minimum absolute atomic E-state index is 0.00352. The Morgan fingerprint density at radius 3 is 2.50 bits per heavy atom. The van der Waals surface area contributed by atoms with E-state index in [1.807, 2.05) is 24.3 Å². The van der Waals surface area contributed by atoms with Crippen molar-refractivity contribution in [3.8, 4) is 5.75 Å². The summed E-state index contributed by atoms with van der Waals surface area (Å²) in [6, 6.07) is 7.29. The number of carbonyl (C=O) groups excluding carboxylic acids is 2. The predicted octanol–water partition coefficient (Wildman–Crippen LogP) is 1.21. The number of β-amino-alcohol motifs (C(OH)–C–C–N with tert-alkyl or cyclic N) is 1. The molecule has 3 rings (SSSR count). The van der Waals surface area contributed by atoms with Crippen LogP contribution in [0.2, 0.25) is 0 Å². The second kappa shape index (κ2) is 8.82. The summed E-state index contributed by atoms with van der Waals surface area (Å²) < 4.78 is 5.75. The van der Waals surface area contributed by atoms with Crippen LogP contribution in [0.4, 0.5) is 5.69 Å². The van der Waals surface area contributed by atoms with Gasteiger partial charge in [0.25, 0.3) is 11.8 Å². The summed E-state index contributed by atoms with van der Waals surface area (Å²) >= 11 is 0. The molecule has 140 valence electrons. The number of anilines is 1. The van der Waals surface area contributed by atoms with Gasteiger partial charge in [-0.25, -0.2) is 0 Å². The van der Waals surface area contributed by atoms with Crippen LogP contribution in [0, 0.1) is 0 Å². The summed E-state index contributed by atoms with van der Waals surface area (Å²) in [5, 5.41) is 11.9. The van der Waals surface area contributed by atoms with Gasteiger partial charge in [-0.3, -0.25) is 14.5 Å². The monoisotopic (exact) mass is 359 g/mol. The summed E-state index contributed by atoms with van der Waals surface area (Å²) in [7, 11) is 0. The predicted molar refractivity (Wildman–Crippen MR) is 97.7 cm³/mol. The molecule has 1 saturated heterocycles. The number of nitrogens with zero attached hydrogens (tertiary/aromatic N) is 2. The van der Waals surface area contributed by atoms with Gasteiger partial charge >= 0.3 is 0 Å². The van der Waals surface area contributed by atoms with Gasteiger partial charge in [-0.05, 0) is 56.6 Å². The number of rotatable bonds is 9. The fourth-order valence-electron chi connectivity index (χ4n) is 3.18. The third kappa shape index (κ3) is 4.62. The van der Waals surface area contributed by atoms with Crippen LogP contribution in [0.25, 0.3) is 0 Å². The molecule has 7 heteroatoms. The number of hydrogen-bond donors (Lipinski definition) is 2. The Morgan fingerprint density at radius 2 is 1.81 bits per heavy atom. The molecule has 0 aromatic heterocycles. The zero-order valence-electron chi connectivity index (χ0n) is 14.8. The highest BCUT2D eigenvalue weighted by Crippen LogP contribution is 2.20. The molecule has 0 spiro atoms. The molecule has 2 heterocycles. The summed E-state index contributed by atoms with van der Waals surface area (Å²) in [5.41, 5.74) is 0.912. The SMILES string of the molecule is O=C1C=C(Nc2ccc(OCCCN3CCCC3)cc2)C(=O)N1CCO. The standard InChI is InChI=1S/C19H25N3O4/c23-12-11-22-18(24)14-17(19(22)25)20-15-4-6-16(7-5-15)26-13-3-10-21-8-1-2-9-21/h4-7,14,20,23H,1-3,8-13H2. The number of carbonyl (C=O) groups is 2. The van der Waals surface area contributed by atoms with Crippen LogP contribution in [0.5, 0.6) is 5.75 Å². The number of aliphatic hydroxyl groups is 1. The molecule has 2 N–H and O–H groups in total. The first-order valence-electron chi connectivity index (χ1n) is 9.08. The lowest BCUT2D eigenvalue weighted by Gasteiger charge is -2.15. The molecule has 1 aromatic carbocycles. The highest BCUT2D eigenvalue weighted by Gasteiger charge is 2.30. The number of ether oxygens (including phenoxy) is 1. The molecule has 2 amide bonds. The summed E-state index contributed by atoms with van der Waals surface area (Å²) in [5.74, 6) is -0.0579. The Kier molecular flexibility index (Phi) is 6.25. The molecule has 0 atom stereocenters. The third-order valence-corrected chi connectivity index (χ3v) is 4.55. The van der Waals surface area contributed by atoms with Crippen molar-refractivity contribution in [3.63, 3.8) is 0 Å². The van der Waals surface area contributed by atoms with Gasteiger partial charge < -0.3 is 20.1 Å². The molecular weight excluding hydrogens is 334 g/mol. The topological polar surface area (TPSA) is 82.1 Å². The molecule has 0 saturated carbocycles. The number of benzene rings is 1. The minimum atomic E-state index is -0.425. The van der Waals surface area contributed by atoms with Crippen LogP contribution in [-0.4, -0.2) is 66.1 Å². The molecular formula is C19H25N3O4. The lowest BCUT2D eigenvalue weighted by Crippen LogP contribution is -2.34. The first kappa shape index (κ1) is 18.4. The second-order valence-electron chi connectivity index (χ2n) is 6.48. The van der Waals surface area contributed by atoms with Gasteiger partial charge in [-0.2, -0.15) is 0 Å². The first-order chi connectivity index (χ1) is 12.7. The first-order valence-corrected chi connectivity index (χ1v) is 9.08. The summed E-state index contributed by atoms with van der Waals surface area (Å²) in [6.45, 7) is 3.91. The second-order valence-corrected chi connectivity index (χ2v) is 6.48. The van der Waals surface area contributed by atoms with Gasteiger partial charge in [-0.15, -0.1) is 0 Å². The zero-order chi connectivity index (χ0) is 18.4. The van der Waals surface area contributed by atoms with Crippen molar-refractivity contribution >= 4 is 17.5 Å². The average molecular weight is 359 g/mol. The van der Waals surface area contributed by atoms with Crippen molar-refractivity contribution in [1.29, 1.82) is 0 Å². The van der Waals surface area contributed by atoms with E-state index in [4.69, 9.17) is 9.84 Å². The summed E-state index contributed by atoms with van der Waals surface area (Å²) in [4.78, 5) is 27.3. The Hall–Kier alpha value is -2.38. The van der Waals surface area contributed by atoms with E-state index < -0.39 is 11.8 Å². The van der Waals surface area contributed by atoms with E-state index >= 15 is 0 Å². The van der Waals surface area contributed by atoms with Crippen molar-refractivity contribution in [1.82, 2.24) is 9.80 Å². The number of imide groups is 1. The van der Waals surface area contributed by atoms with Gasteiger partial charge in [0.15, 0.2) is 0 Å². The Bertz CT molecular complexity index is 666. The van der Waals surface area contributed by atoms with Crippen LogP contribution >= 0.6 is 0 Å².